The van der Waals surface area contributed by atoms with Gasteiger partial charge < -0.3 is 10.2 Å². The highest BCUT2D eigenvalue weighted by molar-refractivity contribution is 6.30. The molecule has 3 nitrogen and oxygen atoms in total. The molecule has 0 saturated heterocycles. The third-order valence-corrected chi connectivity index (χ3v) is 4.37. The van der Waals surface area contributed by atoms with Gasteiger partial charge in [-0.1, -0.05) is 35.9 Å². The van der Waals surface area contributed by atoms with Gasteiger partial charge in [0.15, 0.2) is 0 Å². The predicted octanol–water partition coefficient (Wildman–Crippen LogP) is 5.18. The molecule has 0 aliphatic heterocycles. The highest BCUT2D eigenvalue weighted by Crippen LogP contribution is 2.29. The summed E-state index contributed by atoms with van der Waals surface area (Å²) in [5.41, 5.74) is 0.725. The number of carbonyl (C=O) groups excluding carboxylic acids is 1. The van der Waals surface area contributed by atoms with E-state index in [1.165, 1.54) is 24.3 Å². The molecule has 0 saturated carbocycles. The summed E-state index contributed by atoms with van der Waals surface area (Å²) in [7, 11) is 3.90. The second-order valence-corrected chi connectivity index (χ2v) is 7.09. The molecule has 0 bridgehead atoms. The van der Waals surface area contributed by atoms with Crippen LogP contribution in [-0.2, 0) is 11.0 Å². The molecule has 7 heteroatoms. The van der Waals surface area contributed by atoms with Crippen molar-refractivity contribution < 1.29 is 18.0 Å². The molecule has 0 radical (unpaired) electrons. The zero-order chi connectivity index (χ0) is 20.7. The van der Waals surface area contributed by atoms with E-state index in [2.05, 4.69) is 5.32 Å². The first kappa shape index (κ1) is 22.0. The van der Waals surface area contributed by atoms with Crippen molar-refractivity contribution in [3.63, 3.8) is 0 Å². The number of hydrogen-bond acceptors (Lipinski definition) is 2. The number of rotatable bonds is 7. The van der Waals surface area contributed by atoms with Gasteiger partial charge in [-0.15, -0.1) is 0 Å². The van der Waals surface area contributed by atoms with Crippen molar-refractivity contribution in [2.24, 2.45) is 0 Å². The molecule has 1 N–H and O–H groups in total. The third kappa shape index (κ3) is 7.02. The Labute approximate surface area is 167 Å². The average molecular weight is 411 g/mol. The van der Waals surface area contributed by atoms with E-state index in [9.17, 15) is 18.0 Å². The van der Waals surface area contributed by atoms with Crippen molar-refractivity contribution in [3.05, 3.63) is 76.3 Å². The van der Waals surface area contributed by atoms with Crippen LogP contribution in [0.5, 0.6) is 0 Å². The number of alkyl halides is 3. The summed E-state index contributed by atoms with van der Waals surface area (Å²) in [4.78, 5) is 14.3. The standard InChI is InChI=1S/C21H22ClF3N2O/c1-27(2)14-13-19(16-6-10-18(22)11-7-16)26-20(28)12-5-15-3-8-17(9-4-15)21(23,24)25/h3-12,19H,13-14H2,1-2H3,(H,26,28)/b12-5+. The van der Waals surface area contributed by atoms with E-state index in [1.54, 1.807) is 12.1 Å². The molecular weight excluding hydrogens is 389 g/mol. The maximum Gasteiger partial charge on any atom is 0.416 e. The number of carbonyl (C=O) groups is 1. The van der Waals surface area contributed by atoms with Gasteiger partial charge in [-0.2, -0.15) is 13.2 Å². The Bertz CT molecular complexity index is 800. The number of amides is 1. The van der Waals surface area contributed by atoms with Crippen LogP contribution < -0.4 is 5.32 Å². The minimum atomic E-state index is -4.38. The Balaban J connectivity index is 2.05. The zero-order valence-corrected chi connectivity index (χ0v) is 16.4. The molecule has 2 aromatic carbocycles. The van der Waals surface area contributed by atoms with Crippen molar-refractivity contribution in [2.45, 2.75) is 18.6 Å². The second kappa shape index (κ2) is 9.75. The fraction of sp³-hybridized carbons (Fsp3) is 0.286. The maximum atomic E-state index is 12.6. The summed E-state index contributed by atoms with van der Waals surface area (Å²) in [6, 6.07) is 11.7. The van der Waals surface area contributed by atoms with Gasteiger partial charge in [-0.3, -0.25) is 4.79 Å². The summed E-state index contributed by atoms with van der Waals surface area (Å²) in [5, 5.41) is 3.55. The van der Waals surface area contributed by atoms with E-state index >= 15 is 0 Å². The number of hydrogen-bond donors (Lipinski definition) is 1. The van der Waals surface area contributed by atoms with Crippen LogP contribution in [-0.4, -0.2) is 31.4 Å². The molecule has 2 rings (SSSR count). The molecule has 28 heavy (non-hydrogen) atoms. The van der Waals surface area contributed by atoms with Gasteiger partial charge in [0.1, 0.15) is 0 Å². The minimum absolute atomic E-state index is 0.204. The van der Waals surface area contributed by atoms with Crippen molar-refractivity contribution in [2.75, 3.05) is 20.6 Å². The Morgan fingerprint density at radius 1 is 1.11 bits per heavy atom. The van der Waals surface area contributed by atoms with E-state index in [4.69, 9.17) is 11.6 Å². The topological polar surface area (TPSA) is 32.3 Å². The quantitative estimate of drug-likeness (QED) is 0.638. The van der Waals surface area contributed by atoms with Gasteiger partial charge in [-0.05, 0) is 68.5 Å². The van der Waals surface area contributed by atoms with Crippen LogP contribution in [0.15, 0.2) is 54.6 Å². The summed E-state index contributed by atoms with van der Waals surface area (Å²) in [6.07, 6.45) is -0.867. The zero-order valence-electron chi connectivity index (χ0n) is 15.6. The molecule has 2 aromatic rings. The van der Waals surface area contributed by atoms with Gasteiger partial charge in [0.25, 0.3) is 0 Å². The molecule has 0 fully saturated rings. The molecular formula is C21H22ClF3N2O. The summed E-state index contributed by atoms with van der Waals surface area (Å²) in [6.45, 7) is 0.774. The molecule has 0 aromatic heterocycles. The molecule has 1 atom stereocenters. The van der Waals surface area contributed by atoms with E-state index in [1.807, 2.05) is 31.1 Å². The number of benzene rings is 2. The third-order valence-electron chi connectivity index (χ3n) is 4.12. The lowest BCUT2D eigenvalue weighted by molar-refractivity contribution is -0.137. The first-order valence-electron chi connectivity index (χ1n) is 8.71. The number of halogens is 4. The lowest BCUT2D eigenvalue weighted by atomic mass is 10.0. The van der Waals surface area contributed by atoms with Crippen molar-refractivity contribution in [3.8, 4) is 0 Å². The van der Waals surface area contributed by atoms with Crippen LogP contribution in [0.1, 0.15) is 29.2 Å². The fourth-order valence-corrected chi connectivity index (χ4v) is 2.71. The van der Waals surface area contributed by atoms with E-state index in [0.717, 1.165) is 24.2 Å². The minimum Gasteiger partial charge on any atom is -0.346 e. The first-order chi connectivity index (χ1) is 13.1. The highest BCUT2D eigenvalue weighted by atomic mass is 35.5. The molecule has 0 spiro atoms. The Hall–Kier alpha value is -2.31. The number of nitrogens with one attached hydrogen (secondary N) is 1. The second-order valence-electron chi connectivity index (χ2n) is 6.66. The highest BCUT2D eigenvalue weighted by Gasteiger charge is 2.29. The van der Waals surface area contributed by atoms with E-state index in [0.29, 0.717) is 17.0 Å². The lowest BCUT2D eigenvalue weighted by Gasteiger charge is -2.20. The maximum absolute atomic E-state index is 12.6. The molecule has 1 amide bonds. The number of nitrogens with zero attached hydrogens (tertiary/aromatic N) is 1. The van der Waals surface area contributed by atoms with Crippen LogP contribution >= 0.6 is 11.6 Å². The Kier molecular flexibility index (Phi) is 7.66. The first-order valence-corrected chi connectivity index (χ1v) is 9.09. The summed E-state index contributed by atoms with van der Waals surface area (Å²) < 4.78 is 37.8. The molecule has 0 aliphatic rings. The largest absolute Gasteiger partial charge is 0.416 e. The van der Waals surface area contributed by atoms with Crippen molar-refractivity contribution in [1.82, 2.24) is 10.2 Å². The van der Waals surface area contributed by atoms with Gasteiger partial charge in [-0.25, -0.2) is 0 Å². The average Bonchev–Trinajstić information content (AvgIpc) is 2.63. The molecule has 150 valence electrons. The van der Waals surface area contributed by atoms with Crippen LogP contribution in [0.3, 0.4) is 0 Å². The normalized spacial score (nSPS) is 13.1. The lowest BCUT2D eigenvalue weighted by Crippen LogP contribution is -2.29. The van der Waals surface area contributed by atoms with Crippen LogP contribution in [0.25, 0.3) is 6.08 Å². The van der Waals surface area contributed by atoms with Gasteiger partial charge in [0, 0.05) is 11.1 Å². The molecule has 0 heterocycles. The Morgan fingerprint density at radius 2 is 1.71 bits per heavy atom. The monoisotopic (exact) mass is 410 g/mol. The van der Waals surface area contributed by atoms with Crippen LogP contribution in [0, 0.1) is 0 Å². The fourth-order valence-electron chi connectivity index (χ4n) is 2.58. The van der Waals surface area contributed by atoms with Gasteiger partial charge >= 0.3 is 6.18 Å². The molecule has 1 unspecified atom stereocenters. The summed E-state index contributed by atoms with van der Waals surface area (Å²) >= 11 is 5.93. The molecule has 0 aliphatic carbocycles. The van der Waals surface area contributed by atoms with Crippen molar-refractivity contribution >= 4 is 23.6 Å². The predicted molar refractivity (Wildman–Crippen MR) is 106 cm³/mol. The summed E-state index contributed by atoms with van der Waals surface area (Å²) in [5.74, 6) is -0.321. The van der Waals surface area contributed by atoms with Crippen LogP contribution in [0.4, 0.5) is 13.2 Å². The Morgan fingerprint density at radius 3 is 2.25 bits per heavy atom. The van der Waals surface area contributed by atoms with E-state index in [-0.39, 0.29) is 11.9 Å². The van der Waals surface area contributed by atoms with E-state index < -0.39 is 11.7 Å². The van der Waals surface area contributed by atoms with Gasteiger partial charge in [0.05, 0.1) is 11.6 Å². The van der Waals surface area contributed by atoms with Crippen molar-refractivity contribution in [1.29, 1.82) is 0 Å². The smallest absolute Gasteiger partial charge is 0.346 e. The van der Waals surface area contributed by atoms with Gasteiger partial charge in [0.2, 0.25) is 5.91 Å². The SMILES string of the molecule is CN(C)CCC(NC(=O)/C=C/c1ccc(C(F)(F)F)cc1)c1ccc(Cl)cc1. The van der Waals surface area contributed by atoms with Crippen LogP contribution in [0.2, 0.25) is 5.02 Å².